The Kier molecular flexibility index (Phi) is 8.03. The summed E-state index contributed by atoms with van der Waals surface area (Å²) in [5.41, 5.74) is 0.734. The molecule has 1 aromatic carbocycles. The molecular weight excluding hydrogens is 386 g/mol. The molecule has 1 atom stereocenters. The molecule has 0 aliphatic heterocycles. The minimum Gasteiger partial charge on any atom is -0.493 e. The number of amides is 1. The fourth-order valence-electron chi connectivity index (χ4n) is 2.62. The summed E-state index contributed by atoms with van der Waals surface area (Å²) >= 11 is 0. The number of benzene rings is 1. The fraction of sp³-hybridized carbons (Fsp3) is 0.409. The van der Waals surface area contributed by atoms with Crippen molar-refractivity contribution < 1.29 is 23.8 Å². The first kappa shape index (κ1) is 23.0. The van der Waals surface area contributed by atoms with Crippen molar-refractivity contribution in [3.8, 4) is 11.5 Å². The highest BCUT2D eigenvalue weighted by Crippen LogP contribution is 2.29. The highest BCUT2D eigenvalue weighted by atomic mass is 16.5. The molecule has 1 heterocycles. The first-order chi connectivity index (χ1) is 14.2. The second-order valence-corrected chi connectivity index (χ2v) is 7.23. The zero-order chi connectivity index (χ0) is 22.3. The molecule has 0 saturated carbocycles. The van der Waals surface area contributed by atoms with Crippen molar-refractivity contribution in [1.29, 1.82) is 0 Å². The van der Waals surface area contributed by atoms with Gasteiger partial charge in [0, 0.05) is 18.2 Å². The van der Waals surface area contributed by atoms with Gasteiger partial charge in [-0.15, -0.1) is 0 Å². The van der Waals surface area contributed by atoms with E-state index in [-0.39, 0.29) is 12.1 Å². The van der Waals surface area contributed by atoms with E-state index in [9.17, 15) is 9.59 Å². The Hall–Kier alpha value is -3.29. The van der Waals surface area contributed by atoms with E-state index in [2.05, 4.69) is 10.4 Å². The Morgan fingerprint density at radius 3 is 2.47 bits per heavy atom. The highest BCUT2D eigenvalue weighted by molar-refractivity contribution is 5.96. The molecule has 1 N–H and O–H groups in total. The summed E-state index contributed by atoms with van der Waals surface area (Å²) in [6.45, 7) is 9.27. The molecule has 162 valence electrons. The maximum Gasteiger partial charge on any atom is 0.331 e. The number of carbonyl (C=O) groups is 2. The quantitative estimate of drug-likeness (QED) is 0.494. The number of esters is 1. The molecule has 8 nitrogen and oxygen atoms in total. The molecule has 0 radical (unpaired) electrons. The SMILES string of the molecule is COc1cc(/C=C/C(=O)O[C@H](C)C(=O)Nc2ccnn2C(C)C)ccc1OC(C)C. The molecule has 0 aliphatic carbocycles. The number of hydrogen-bond donors (Lipinski definition) is 1. The average Bonchev–Trinajstić information content (AvgIpc) is 3.15. The van der Waals surface area contributed by atoms with E-state index in [0.29, 0.717) is 17.3 Å². The summed E-state index contributed by atoms with van der Waals surface area (Å²) in [5, 5.41) is 6.87. The van der Waals surface area contributed by atoms with Gasteiger partial charge in [-0.1, -0.05) is 6.07 Å². The lowest BCUT2D eigenvalue weighted by atomic mass is 10.2. The maximum absolute atomic E-state index is 12.3. The predicted molar refractivity (Wildman–Crippen MR) is 115 cm³/mol. The van der Waals surface area contributed by atoms with Gasteiger partial charge in [-0.3, -0.25) is 4.79 Å². The van der Waals surface area contributed by atoms with Gasteiger partial charge in [0.25, 0.3) is 5.91 Å². The lowest BCUT2D eigenvalue weighted by Crippen LogP contribution is -2.30. The standard InChI is InChI=1S/C22H29N3O5/c1-14(2)25-20(11-12-23-25)24-22(27)16(5)30-21(26)10-8-17-7-9-18(29-15(3)4)19(13-17)28-6/h7-16H,1-6H3,(H,24,27)/b10-8+/t16-/m1/s1. The lowest BCUT2D eigenvalue weighted by Gasteiger charge is -2.15. The van der Waals surface area contributed by atoms with Crippen LogP contribution in [0.15, 0.2) is 36.5 Å². The number of ether oxygens (including phenoxy) is 3. The third kappa shape index (κ3) is 6.37. The summed E-state index contributed by atoms with van der Waals surface area (Å²) in [4.78, 5) is 24.4. The molecule has 2 aromatic rings. The number of aromatic nitrogens is 2. The van der Waals surface area contributed by atoms with E-state index in [1.807, 2.05) is 27.7 Å². The second kappa shape index (κ2) is 10.5. The number of anilines is 1. The van der Waals surface area contributed by atoms with Crippen LogP contribution in [0.1, 0.15) is 46.2 Å². The van der Waals surface area contributed by atoms with Crippen LogP contribution < -0.4 is 14.8 Å². The number of carbonyl (C=O) groups excluding carboxylic acids is 2. The van der Waals surface area contributed by atoms with Gasteiger partial charge in [-0.2, -0.15) is 5.10 Å². The average molecular weight is 415 g/mol. The molecule has 0 saturated heterocycles. The second-order valence-electron chi connectivity index (χ2n) is 7.23. The van der Waals surface area contributed by atoms with Crippen molar-refractivity contribution in [1.82, 2.24) is 9.78 Å². The molecule has 0 aliphatic rings. The summed E-state index contributed by atoms with van der Waals surface area (Å²) < 4.78 is 17.9. The van der Waals surface area contributed by atoms with Gasteiger partial charge in [-0.05, 0) is 58.4 Å². The Balaban J connectivity index is 1.96. The first-order valence-electron chi connectivity index (χ1n) is 9.79. The zero-order valence-corrected chi connectivity index (χ0v) is 18.2. The van der Waals surface area contributed by atoms with Gasteiger partial charge in [-0.25, -0.2) is 9.48 Å². The third-order valence-corrected chi connectivity index (χ3v) is 4.04. The van der Waals surface area contributed by atoms with Crippen molar-refractivity contribution >= 4 is 23.8 Å². The molecule has 30 heavy (non-hydrogen) atoms. The van der Waals surface area contributed by atoms with E-state index in [1.165, 1.54) is 13.0 Å². The van der Waals surface area contributed by atoms with Gasteiger partial charge in [0.15, 0.2) is 17.6 Å². The topological polar surface area (TPSA) is 91.7 Å². The fourth-order valence-corrected chi connectivity index (χ4v) is 2.62. The van der Waals surface area contributed by atoms with Gasteiger partial charge < -0.3 is 19.5 Å². The highest BCUT2D eigenvalue weighted by Gasteiger charge is 2.19. The predicted octanol–water partition coefficient (Wildman–Crippen LogP) is 3.84. The first-order valence-corrected chi connectivity index (χ1v) is 9.79. The Morgan fingerprint density at radius 2 is 1.83 bits per heavy atom. The molecular formula is C22H29N3O5. The molecule has 0 unspecified atom stereocenters. The van der Waals surface area contributed by atoms with E-state index in [0.717, 1.165) is 5.56 Å². The van der Waals surface area contributed by atoms with Crippen LogP contribution in [0, 0.1) is 0 Å². The number of methoxy groups -OCH3 is 1. The summed E-state index contributed by atoms with van der Waals surface area (Å²) in [5.74, 6) is 0.670. The molecule has 2 rings (SSSR count). The zero-order valence-electron chi connectivity index (χ0n) is 18.2. The van der Waals surface area contributed by atoms with Crippen molar-refractivity contribution in [3.05, 3.63) is 42.1 Å². The number of nitrogens with zero attached hydrogens (tertiary/aromatic N) is 2. The van der Waals surface area contributed by atoms with E-state index >= 15 is 0 Å². The van der Waals surface area contributed by atoms with Crippen LogP contribution in [0.25, 0.3) is 6.08 Å². The van der Waals surface area contributed by atoms with Crippen LogP contribution in [0.4, 0.5) is 5.82 Å². The molecule has 0 fully saturated rings. The lowest BCUT2D eigenvalue weighted by molar-refractivity contribution is -0.148. The summed E-state index contributed by atoms with van der Waals surface area (Å²) in [6.07, 6.45) is 3.50. The third-order valence-electron chi connectivity index (χ3n) is 4.04. The Labute approximate surface area is 176 Å². The van der Waals surface area contributed by atoms with Crippen molar-refractivity contribution in [3.63, 3.8) is 0 Å². The molecule has 0 bridgehead atoms. The van der Waals surface area contributed by atoms with Gasteiger partial charge in [0.2, 0.25) is 0 Å². The summed E-state index contributed by atoms with van der Waals surface area (Å²) in [6, 6.07) is 7.10. The molecule has 1 amide bonds. The van der Waals surface area contributed by atoms with Crippen molar-refractivity contribution in [2.24, 2.45) is 0 Å². The van der Waals surface area contributed by atoms with Crippen molar-refractivity contribution in [2.45, 2.75) is 52.9 Å². The van der Waals surface area contributed by atoms with Crippen LogP contribution in [-0.2, 0) is 14.3 Å². The van der Waals surface area contributed by atoms with Crippen LogP contribution in [0.2, 0.25) is 0 Å². The van der Waals surface area contributed by atoms with Crippen LogP contribution >= 0.6 is 0 Å². The number of hydrogen-bond acceptors (Lipinski definition) is 6. The van der Waals surface area contributed by atoms with E-state index in [1.54, 1.807) is 48.3 Å². The van der Waals surface area contributed by atoms with Crippen LogP contribution in [0.3, 0.4) is 0 Å². The monoisotopic (exact) mass is 415 g/mol. The van der Waals surface area contributed by atoms with Crippen LogP contribution in [-0.4, -0.2) is 41.0 Å². The number of rotatable bonds is 9. The van der Waals surface area contributed by atoms with Gasteiger partial charge in [0.1, 0.15) is 5.82 Å². The Morgan fingerprint density at radius 1 is 1.10 bits per heavy atom. The van der Waals surface area contributed by atoms with Gasteiger partial charge in [0.05, 0.1) is 19.4 Å². The maximum atomic E-state index is 12.3. The Bertz CT molecular complexity index is 902. The van der Waals surface area contributed by atoms with E-state index < -0.39 is 18.0 Å². The molecule has 1 aromatic heterocycles. The van der Waals surface area contributed by atoms with Crippen LogP contribution in [0.5, 0.6) is 11.5 Å². The van der Waals surface area contributed by atoms with Gasteiger partial charge >= 0.3 is 5.97 Å². The minimum atomic E-state index is -0.964. The normalized spacial score (nSPS) is 12.3. The smallest absolute Gasteiger partial charge is 0.331 e. The molecule has 0 spiro atoms. The minimum absolute atomic E-state index is 0.0158. The number of nitrogens with one attached hydrogen (secondary N) is 1. The molecule has 8 heteroatoms. The summed E-state index contributed by atoms with van der Waals surface area (Å²) in [7, 11) is 1.55. The van der Waals surface area contributed by atoms with E-state index in [4.69, 9.17) is 14.2 Å². The largest absolute Gasteiger partial charge is 0.493 e. The van der Waals surface area contributed by atoms with Crippen molar-refractivity contribution in [2.75, 3.05) is 12.4 Å².